The highest BCUT2D eigenvalue weighted by Crippen LogP contribution is 2.44. The Morgan fingerprint density at radius 2 is 1.69 bits per heavy atom. The summed E-state index contributed by atoms with van der Waals surface area (Å²) in [4.78, 5) is 28.2. The predicted molar refractivity (Wildman–Crippen MR) is 125 cm³/mol. The zero-order valence-corrected chi connectivity index (χ0v) is 18.4. The van der Waals surface area contributed by atoms with E-state index in [0.717, 1.165) is 24.8 Å². The second-order valence-corrected chi connectivity index (χ2v) is 9.06. The molecule has 0 aromatic heterocycles. The zero-order chi connectivity index (χ0) is 22.3. The molecular formula is C27H24ClNO3. The highest BCUT2D eigenvalue weighted by atomic mass is 35.5. The van der Waals surface area contributed by atoms with Crippen LogP contribution in [0.15, 0.2) is 66.7 Å². The lowest BCUT2D eigenvalue weighted by atomic mass is 9.85. The van der Waals surface area contributed by atoms with Crippen LogP contribution in [0.2, 0.25) is 5.02 Å². The molecular weight excluding hydrogens is 422 g/mol. The normalized spacial score (nSPS) is 19.6. The number of Topliss-reactive ketones (excluding diaryl/α,β-unsaturated/α-hetero) is 1. The Morgan fingerprint density at radius 3 is 2.50 bits per heavy atom. The number of aryl methyl sites for hydroxylation is 2. The van der Waals surface area contributed by atoms with Gasteiger partial charge in [-0.25, -0.2) is 0 Å². The van der Waals surface area contributed by atoms with Gasteiger partial charge in [0.25, 0.3) is 5.91 Å². The maximum atomic E-state index is 13.5. The van der Waals surface area contributed by atoms with Gasteiger partial charge in [-0.1, -0.05) is 60.1 Å². The summed E-state index contributed by atoms with van der Waals surface area (Å²) in [5.41, 5.74) is 3.00. The topological polar surface area (TPSA) is 57.6 Å². The molecule has 0 fully saturated rings. The third kappa shape index (κ3) is 3.54. The van der Waals surface area contributed by atoms with Crippen molar-refractivity contribution >= 4 is 29.0 Å². The molecule has 0 unspecified atom stereocenters. The van der Waals surface area contributed by atoms with E-state index < -0.39 is 11.5 Å². The summed E-state index contributed by atoms with van der Waals surface area (Å²) in [6.45, 7) is 0.227. The molecule has 1 heterocycles. The highest BCUT2D eigenvalue weighted by molar-refractivity contribution is 6.31. The van der Waals surface area contributed by atoms with Crippen molar-refractivity contribution in [3.05, 3.63) is 99.6 Å². The smallest absolute Gasteiger partial charge is 0.264 e. The molecule has 1 amide bonds. The Morgan fingerprint density at radius 1 is 0.969 bits per heavy atom. The van der Waals surface area contributed by atoms with Crippen LogP contribution in [-0.2, 0) is 29.8 Å². The SMILES string of the molecule is O=C(C[C@]1(O)C(=O)N(Cc2ccccc2Cl)c2ccccc21)c1ccc2c(c1)CCCC2. The van der Waals surface area contributed by atoms with Crippen LogP contribution in [-0.4, -0.2) is 16.8 Å². The number of amides is 1. The van der Waals surface area contributed by atoms with E-state index in [-0.39, 0.29) is 18.7 Å². The number of aliphatic hydroxyl groups is 1. The lowest BCUT2D eigenvalue weighted by Crippen LogP contribution is -2.41. The molecule has 3 aromatic rings. The number of halogens is 1. The number of ketones is 1. The largest absolute Gasteiger partial charge is 0.375 e. The number of nitrogens with zero attached hydrogens (tertiary/aromatic N) is 1. The van der Waals surface area contributed by atoms with E-state index in [1.165, 1.54) is 22.4 Å². The number of benzene rings is 3. The zero-order valence-electron chi connectivity index (χ0n) is 17.7. The van der Waals surface area contributed by atoms with Gasteiger partial charge in [0.05, 0.1) is 18.7 Å². The third-order valence-electron chi connectivity index (χ3n) is 6.61. The molecule has 0 saturated heterocycles. The molecule has 4 nitrogen and oxygen atoms in total. The molecule has 5 rings (SSSR count). The summed E-state index contributed by atoms with van der Waals surface area (Å²) < 4.78 is 0. The average molecular weight is 446 g/mol. The molecule has 162 valence electrons. The maximum Gasteiger partial charge on any atom is 0.264 e. The van der Waals surface area contributed by atoms with E-state index in [0.29, 0.717) is 21.8 Å². The monoisotopic (exact) mass is 445 g/mol. The van der Waals surface area contributed by atoms with Crippen LogP contribution in [0.4, 0.5) is 5.69 Å². The Balaban J connectivity index is 1.46. The summed E-state index contributed by atoms with van der Waals surface area (Å²) in [7, 11) is 0. The van der Waals surface area contributed by atoms with Gasteiger partial charge < -0.3 is 10.0 Å². The number of rotatable bonds is 5. The first-order chi connectivity index (χ1) is 15.5. The van der Waals surface area contributed by atoms with E-state index in [4.69, 9.17) is 11.6 Å². The first-order valence-electron chi connectivity index (χ1n) is 11.0. The van der Waals surface area contributed by atoms with Crippen molar-refractivity contribution < 1.29 is 14.7 Å². The fourth-order valence-corrected chi connectivity index (χ4v) is 5.07. The highest BCUT2D eigenvalue weighted by Gasteiger charge is 2.50. The molecule has 0 spiro atoms. The van der Waals surface area contributed by atoms with Crippen molar-refractivity contribution in [2.45, 2.75) is 44.2 Å². The van der Waals surface area contributed by atoms with Gasteiger partial charge >= 0.3 is 0 Å². The second kappa shape index (κ2) is 8.19. The van der Waals surface area contributed by atoms with E-state index >= 15 is 0 Å². The molecule has 0 saturated carbocycles. The molecule has 1 aliphatic carbocycles. The number of para-hydroxylation sites is 1. The van der Waals surface area contributed by atoms with Gasteiger partial charge in [0.1, 0.15) is 0 Å². The van der Waals surface area contributed by atoms with Gasteiger partial charge in [0.2, 0.25) is 0 Å². The van der Waals surface area contributed by atoms with Crippen LogP contribution < -0.4 is 4.90 Å². The Bertz CT molecular complexity index is 1220. The van der Waals surface area contributed by atoms with Gasteiger partial charge in [0, 0.05) is 16.1 Å². The van der Waals surface area contributed by atoms with E-state index in [2.05, 4.69) is 0 Å². The van der Waals surface area contributed by atoms with Gasteiger partial charge in [-0.05, 0) is 60.6 Å². The summed E-state index contributed by atoms with van der Waals surface area (Å²) in [5.74, 6) is -0.728. The van der Waals surface area contributed by atoms with Gasteiger partial charge in [-0.2, -0.15) is 0 Å². The minimum atomic E-state index is -1.90. The molecule has 5 heteroatoms. The number of fused-ring (bicyclic) bond motifs is 2. The quantitative estimate of drug-likeness (QED) is 0.547. The van der Waals surface area contributed by atoms with Crippen LogP contribution in [0.25, 0.3) is 0 Å². The minimum Gasteiger partial charge on any atom is -0.375 e. The summed E-state index contributed by atoms with van der Waals surface area (Å²) in [5, 5.41) is 12.1. The predicted octanol–water partition coefficient (Wildman–Crippen LogP) is 5.23. The number of carbonyl (C=O) groups is 2. The third-order valence-corrected chi connectivity index (χ3v) is 6.98. The summed E-state index contributed by atoms with van der Waals surface area (Å²) in [6, 6.07) is 20.2. The van der Waals surface area contributed by atoms with Crippen LogP contribution in [0, 0.1) is 0 Å². The fourth-order valence-electron chi connectivity index (χ4n) is 4.87. The standard InChI is InChI=1S/C27H24ClNO3/c28-23-11-5-3-9-21(23)17-29-24-12-6-4-10-22(24)27(32,26(29)31)16-25(30)20-14-13-18-7-1-2-8-19(18)15-20/h3-6,9-15,32H,1-2,7-8,16-17H2/t27-/m1/s1. The first kappa shape index (κ1) is 20.9. The lowest BCUT2D eigenvalue weighted by molar-refractivity contribution is -0.136. The van der Waals surface area contributed by atoms with E-state index in [1.807, 2.05) is 42.5 Å². The van der Waals surface area contributed by atoms with Crippen molar-refractivity contribution in [2.24, 2.45) is 0 Å². The van der Waals surface area contributed by atoms with Crippen LogP contribution >= 0.6 is 11.6 Å². The van der Waals surface area contributed by atoms with Crippen molar-refractivity contribution in [1.29, 1.82) is 0 Å². The Kier molecular flexibility index (Phi) is 5.36. The first-order valence-corrected chi connectivity index (χ1v) is 11.4. The van der Waals surface area contributed by atoms with Crippen molar-refractivity contribution in [1.82, 2.24) is 0 Å². The lowest BCUT2D eigenvalue weighted by Gasteiger charge is -2.23. The van der Waals surface area contributed by atoms with Gasteiger partial charge in [0.15, 0.2) is 11.4 Å². The maximum absolute atomic E-state index is 13.5. The summed E-state index contributed by atoms with van der Waals surface area (Å²) >= 11 is 6.32. The van der Waals surface area contributed by atoms with Crippen molar-refractivity contribution in [2.75, 3.05) is 4.90 Å². The Labute approximate surface area is 192 Å². The van der Waals surface area contributed by atoms with Gasteiger partial charge in [-0.15, -0.1) is 0 Å². The number of carbonyl (C=O) groups excluding carboxylic acids is 2. The molecule has 0 radical (unpaired) electrons. The fraction of sp³-hybridized carbons (Fsp3) is 0.259. The Hall–Kier alpha value is -2.95. The molecule has 3 aromatic carbocycles. The minimum absolute atomic E-state index is 0.227. The molecule has 1 N–H and O–H groups in total. The summed E-state index contributed by atoms with van der Waals surface area (Å²) in [6.07, 6.45) is 4.01. The average Bonchev–Trinajstić information content (AvgIpc) is 3.02. The second-order valence-electron chi connectivity index (χ2n) is 8.65. The van der Waals surface area contributed by atoms with Crippen molar-refractivity contribution in [3.8, 4) is 0 Å². The van der Waals surface area contributed by atoms with E-state index in [9.17, 15) is 14.7 Å². The van der Waals surface area contributed by atoms with Crippen LogP contribution in [0.3, 0.4) is 0 Å². The molecule has 32 heavy (non-hydrogen) atoms. The van der Waals surface area contributed by atoms with Crippen LogP contribution in [0.5, 0.6) is 0 Å². The molecule has 1 aliphatic heterocycles. The number of anilines is 1. The van der Waals surface area contributed by atoms with Crippen LogP contribution in [0.1, 0.15) is 51.9 Å². The number of hydrogen-bond acceptors (Lipinski definition) is 3. The number of hydrogen-bond donors (Lipinski definition) is 1. The van der Waals surface area contributed by atoms with E-state index in [1.54, 1.807) is 24.3 Å². The molecule has 2 aliphatic rings. The van der Waals surface area contributed by atoms with Gasteiger partial charge in [-0.3, -0.25) is 9.59 Å². The van der Waals surface area contributed by atoms with Crippen molar-refractivity contribution in [3.63, 3.8) is 0 Å². The molecule has 0 bridgehead atoms. The molecule has 1 atom stereocenters.